The van der Waals surface area contributed by atoms with Crippen molar-refractivity contribution in [2.24, 2.45) is 0 Å². The standard InChI is InChI=1S/C22H20N4O2S2/c1-14-12-18(21(27)28-2)20(30-14)24-22(29)23-19-10-11-26(25-19)13-16-8-5-7-15-6-3-4-9-17(15)16/h3-12H,13H2,1-2H3,(H2,23,24,25,29). The van der Waals surface area contributed by atoms with Gasteiger partial charge in [-0.05, 0) is 41.5 Å². The van der Waals surface area contributed by atoms with Gasteiger partial charge in [0.25, 0.3) is 0 Å². The summed E-state index contributed by atoms with van der Waals surface area (Å²) in [5.74, 6) is 0.227. The van der Waals surface area contributed by atoms with Gasteiger partial charge in [-0.1, -0.05) is 42.5 Å². The highest BCUT2D eigenvalue weighted by atomic mass is 32.1. The van der Waals surface area contributed by atoms with Crippen LogP contribution in [0.2, 0.25) is 0 Å². The van der Waals surface area contributed by atoms with Gasteiger partial charge in [0.2, 0.25) is 0 Å². The van der Waals surface area contributed by atoms with E-state index in [4.69, 9.17) is 17.0 Å². The molecule has 6 nitrogen and oxygen atoms in total. The summed E-state index contributed by atoms with van der Waals surface area (Å²) in [4.78, 5) is 12.9. The third-order valence-electron chi connectivity index (χ3n) is 4.58. The number of nitrogens with one attached hydrogen (secondary N) is 2. The van der Waals surface area contributed by atoms with Crippen LogP contribution < -0.4 is 10.6 Å². The Balaban J connectivity index is 1.45. The summed E-state index contributed by atoms with van der Waals surface area (Å²) in [5.41, 5.74) is 1.66. The predicted octanol–water partition coefficient (Wildman–Crippen LogP) is 5.05. The summed E-state index contributed by atoms with van der Waals surface area (Å²) >= 11 is 6.83. The fourth-order valence-electron chi connectivity index (χ4n) is 3.24. The number of rotatable bonds is 5. The minimum absolute atomic E-state index is 0.359. The molecule has 4 rings (SSSR count). The SMILES string of the molecule is COC(=O)c1cc(C)sc1NC(=S)Nc1ccn(Cc2cccc3ccccc23)n1. The van der Waals surface area contributed by atoms with Crippen molar-refractivity contribution in [2.45, 2.75) is 13.5 Å². The first-order valence-electron chi connectivity index (χ1n) is 9.30. The molecule has 2 aromatic heterocycles. The fourth-order valence-corrected chi connectivity index (χ4v) is 4.42. The lowest BCUT2D eigenvalue weighted by atomic mass is 10.0. The van der Waals surface area contributed by atoms with Crippen LogP contribution in [0.3, 0.4) is 0 Å². The van der Waals surface area contributed by atoms with Crippen LogP contribution in [0, 0.1) is 6.92 Å². The number of carbonyl (C=O) groups is 1. The Morgan fingerprint density at radius 1 is 1.17 bits per heavy atom. The predicted molar refractivity (Wildman–Crippen MR) is 126 cm³/mol. The van der Waals surface area contributed by atoms with Crippen LogP contribution in [0.4, 0.5) is 10.8 Å². The highest BCUT2D eigenvalue weighted by molar-refractivity contribution is 7.80. The molecule has 2 aromatic carbocycles. The van der Waals surface area contributed by atoms with Crippen LogP contribution in [0.15, 0.2) is 60.8 Å². The van der Waals surface area contributed by atoms with Gasteiger partial charge in [-0.3, -0.25) is 4.68 Å². The topological polar surface area (TPSA) is 68.2 Å². The van der Waals surface area contributed by atoms with E-state index in [1.165, 1.54) is 34.8 Å². The third kappa shape index (κ3) is 4.34. The Morgan fingerprint density at radius 2 is 1.97 bits per heavy atom. The highest BCUT2D eigenvalue weighted by Crippen LogP contribution is 2.28. The van der Waals surface area contributed by atoms with Crippen molar-refractivity contribution in [2.75, 3.05) is 17.7 Å². The summed E-state index contributed by atoms with van der Waals surface area (Å²) in [7, 11) is 1.36. The lowest BCUT2D eigenvalue weighted by molar-refractivity contribution is 0.0602. The van der Waals surface area contributed by atoms with E-state index in [9.17, 15) is 4.79 Å². The summed E-state index contributed by atoms with van der Waals surface area (Å²) in [6, 6.07) is 18.2. The first kappa shape index (κ1) is 20.1. The number of thiophene rings is 1. The summed E-state index contributed by atoms with van der Waals surface area (Å²) in [6.07, 6.45) is 1.90. The van der Waals surface area contributed by atoms with Crippen molar-refractivity contribution >= 4 is 56.2 Å². The number of aromatic nitrogens is 2. The van der Waals surface area contributed by atoms with Gasteiger partial charge in [-0.2, -0.15) is 5.10 Å². The minimum atomic E-state index is -0.399. The molecule has 0 amide bonds. The summed E-state index contributed by atoms with van der Waals surface area (Å²) < 4.78 is 6.69. The van der Waals surface area contributed by atoms with Crippen LogP contribution in [-0.2, 0) is 11.3 Å². The van der Waals surface area contributed by atoms with Crippen molar-refractivity contribution in [3.8, 4) is 0 Å². The van der Waals surface area contributed by atoms with Crippen LogP contribution in [0.25, 0.3) is 10.8 Å². The van der Waals surface area contributed by atoms with Crippen molar-refractivity contribution in [1.29, 1.82) is 0 Å². The Morgan fingerprint density at radius 3 is 2.80 bits per heavy atom. The number of ether oxygens (including phenoxy) is 1. The molecular formula is C22H20N4O2S2. The van der Waals surface area contributed by atoms with Gasteiger partial charge in [0, 0.05) is 17.1 Å². The van der Waals surface area contributed by atoms with Crippen LogP contribution in [0.1, 0.15) is 20.8 Å². The molecule has 0 fully saturated rings. The van der Waals surface area contributed by atoms with Gasteiger partial charge >= 0.3 is 5.97 Å². The highest BCUT2D eigenvalue weighted by Gasteiger charge is 2.16. The second-order valence-electron chi connectivity index (χ2n) is 6.71. The zero-order valence-corrected chi connectivity index (χ0v) is 18.1. The maximum Gasteiger partial charge on any atom is 0.340 e. The molecule has 0 bridgehead atoms. The van der Waals surface area contributed by atoms with E-state index < -0.39 is 5.97 Å². The normalized spacial score (nSPS) is 10.7. The molecule has 4 aromatic rings. The molecule has 0 spiro atoms. The molecular weight excluding hydrogens is 416 g/mol. The smallest absolute Gasteiger partial charge is 0.340 e. The van der Waals surface area contributed by atoms with Crippen molar-refractivity contribution in [1.82, 2.24) is 9.78 Å². The van der Waals surface area contributed by atoms with Crippen molar-refractivity contribution in [3.05, 3.63) is 76.8 Å². The van der Waals surface area contributed by atoms with Crippen LogP contribution in [0.5, 0.6) is 0 Å². The molecule has 2 heterocycles. The Hall–Kier alpha value is -3.23. The van der Waals surface area contributed by atoms with Gasteiger partial charge in [0.15, 0.2) is 10.9 Å². The molecule has 0 aliphatic carbocycles. The van der Waals surface area contributed by atoms with Gasteiger partial charge in [0.1, 0.15) is 5.00 Å². The molecule has 0 aliphatic rings. The van der Waals surface area contributed by atoms with Gasteiger partial charge < -0.3 is 15.4 Å². The quantitative estimate of drug-likeness (QED) is 0.337. The number of aryl methyl sites for hydroxylation is 1. The number of fused-ring (bicyclic) bond motifs is 1. The first-order valence-corrected chi connectivity index (χ1v) is 10.5. The number of anilines is 2. The van der Waals surface area contributed by atoms with Gasteiger partial charge in [-0.25, -0.2) is 4.79 Å². The second-order valence-corrected chi connectivity index (χ2v) is 8.37. The number of esters is 1. The number of hydrogen-bond donors (Lipinski definition) is 2. The molecule has 0 aliphatic heterocycles. The van der Waals surface area contributed by atoms with E-state index in [1.54, 1.807) is 6.07 Å². The zero-order chi connectivity index (χ0) is 21.1. The zero-order valence-electron chi connectivity index (χ0n) is 16.5. The van der Waals surface area contributed by atoms with Crippen LogP contribution >= 0.6 is 23.6 Å². The first-order chi connectivity index (χ1) is 14.5. The van der Waals surface area contributed by atoms with E-state index >= 15 is 0 Å². The molecule has 2 N–H and O–H groups in total. The maximum absolute atomic E-state index is 11.9. The Bertz CT molecular complexity index is 1220. The Labute approximate surface area is 183 Å². The monoisotopic (exact) mass is 436 g/mol. The molecule has 30 heavy (non-hydrogen) atoms. The molecule has 0 saturated heterocycles. The average molecular weight is 437 g/mol. The number of hydrogen-bond acceptors (Lipinski definition) is 5. The summed E-state index contributed by atoms with van der Waals surface area (Å²) in [6.45, 7) is 2.58. The second kappa shape index (κ2) is 8.64. The molecule has 8 heteroatoms. The lowest BCUT2D eigenvalue weighted by Gasteiger charge is -2.09. The number of nitrogens with zero attached hydrogens (tertiary/aromatic N) is 2. The number of carbonyl (C=O) groups excluding carboxylic acids is 1. The van der Waals surface area contributed by atoms with E-state index in [-0.39, 0.29) is 0 Å². The van der Waals surface area contributed by atoms with E-state index in [2.05, 4.69) is 46.1 Å². The molecule has 0 saturated carbocycles. The van der Waals surface area contributed by atoms with E-state index in [0.717, 1.165) is 4.88 Å². The van der Waals surface area contributed by atoms with Gasteiger partial charge in [0.05, 0.1) is 19.2 Å². The van der Waals surface area contributed by atoms with E-state index in [1.807, 2.05) is 36.0 Å². The lowest BCUT2D eigenvalue weighted by Crippen LogP contribution is -2.20. The number of benzene rings is 2. The summed E-state index contributed by atoms with van der Waals surface area (Å²) in [5, 5.41) is 14.1. The number of methoxy groups -OCH3 is 1. The van der Waals surface area contributed by atoms with Crippen LogP contribution in [-0.4, -0.2) is 28.0 Å². The number of thiocarbonyl (C=S) groups is 1. The molecule has 0 unspecified atom stereocenters. The molecule has 0 radical (unpaired) electrons. The maximum atomic E-state index is 11.9. The third-order valence-corrected chi connectivity index (χ3v) is 5.75. The van der Waals surface area contributed by atoms with Crippen molar-refractivity contribution < 1.29 is 9.53 Å². The Kier molecular flexibility index (Phi) is 5.78. The fraction of sp³-hybridized carbons (Fsp3) is 0.136. The minimum Gasteiger partial charge on any atom is -0.465 e. The average Bonchev–Trinajstić information content (AvgIpc) is 3.33. The van der Waals surface area contributed by atoms with Gasteiger partial charge in [-0.15, -0.1) is 11.3 Å². The van der Waals surface area contributed by atoms with Crippen molar-refractivity contribution in [3.63, 3.8) is 0 Å². The largest absolute Gasteiger partial charge is 0.465 e. The van der Waals surface area contributed by atoms with E-state index in [0.29, 0.717) is 28.0 Å². The molecule has 152 valence electrons. The molecule has 0 atom stereocenters.